The van der Waals surface area contributed by atoms with Crippen molar-refractivity contribution in [3.63, 3.8) is 0 Å². The third-order valence-electron chi connectivity index (χ3n) is 4.82. The minimum atomic E-state index is 0.110. The number of halogens is 1. The number of benzene rings is 1. The SMILES string of the molecule is CCC1(CO)CCN(c2nc(-c3ccccc3Cl)cs2)CC1. The molecule has 0 radical (unpaired) electrons. The van der Waals surface area contributed by atoms with Crippen molar-refractivity contribution in [2.75, 3.05) is 24.6 Å². The molecule has 0 spiro atoms. The highest BCUT2D eigenvalue weighted by Crippen LogP contribution is 2.38. The van der Waals surface area contributed by atoms with E-state index in [1.54, 1.807) is 11.3 Å². The molecule has 1 aliphatic heterocycles. The molecule has 1 saturated heterocycles. The number of aromatic nitrogens is 1. The Morgan fingerprint density at radius 2 is 2.05 bits per heavy atom. The van der Waals surface area contributed by atoms with E-state index in [0.29, 0.717) is 6.61 Å². The first-order valence-corrected chi connectivity index (χ1v) is 8.99. The highest BCUT2D eigenvalue weighted by atomic mass is 35.5. The van der Waals surface area contributed by atoms with E-state index in [1.165, 1.54) is 0 Å². The van der Waals surface area contributed by atoms with Gasteiger partial charge in [0.15, 0.2) is 5.13 Å². The third kappa shape index (κ3) is 3.00. The van der Waals surface area contributed by atoms with E-state index in [-0.39, 0.29) is 5.41 Å². The van der Waals surface area contributed by atoms with Crippen LogP contribution in [0.4, 0.5) is 5.13 Å². The number of aliphatic hydroxyl groups excluding tert-OH is 1. The highest BCUT2D eigenvalue weighted by Gasteiger charge is 2.33. The van der Waals surface area contributed by atoms with Crippen LogP contribution in [0.3, 0.4) is 0 Å². The molecule has 3 nitrogen and oxygen atoms in total. The maximum Gasteiger partial charge on any atom is 0.185 e. The molecule has 0 aliphatic carbocycles. The van der Waals surface area contributed by atoms with Gasteiger partial charge in [-0.25, -0.2) is 4.98 Å². The maximum absolute atomic E-state index is 9.64. The number of nitrogens with zero attached hydrogens (tertiary/aromatic N) is 2. The summed E-state index contributed by atoms with van der Waals surface area (Å²) in [5.74, 6) is 0. The van der Waals surface area contributed by atoms with Gasteiger partial charge in [-0.2, -0.15) is 0 Å². The summed E-state index contributed by atoms with van der Waals surface area (Å²) in [6, 6.07) is 7.82. The predicted octanol–water partition coefficient (Wildman–Crippen LogP) is 4.45. The van der Waals surface area contributed by atoms with Crippen molar-refractivity contribution in [2.45, 2.75) is 26.2 Å². The Bertz CT molecular complexity index is 629. The standard InChI is InChI=1S/C17H21ClN2OS/c1-2-17(12-21)7-9-20(10-8-17)16-19-15(11-22-16)13-5-3-4-6-14(13)18/h3-6,11,21H,2,7-10,12H2,1H3. The topological polar surface area (TPSA) is 36.4 Å². The first kappa shape index (κ1) is 15.8. The van der Waals surface area contributed by atoms with Crippen LogP contribution in [-0.4, -0.2) is 29.8 Å². The molecule has 1 aromatic heterocycles. The molecule has 22 heavy (non-hydrogen) atoms. The second kappa shape index (κ2) is 6.57. The second-order valence-corrected chi connectivity index (χ2v) is 7.24. The molecule has 0 bridgehead atoms. The van der Waals surface area contributed by atoms with Crippen molar-refractivity contribution in [1.82, 2.24) is 4.98 Å². The van der Waals surface area contributed by atoms with Crippen LogP contribution < -0.4 is 4.90 Å². The van der Waals surface area contributed by atoms with E-state index in [9.17, 15) is 5.11 Å². The molecule has 3 rings (SSSR count). The Labute approximate surface area is 140 Å². The van der Waals surface area contributed by atoms with E-state index >= 15 is 0 Å². The lowest BCUT2D eigenvalue weighted by atomic mass is 9.77. The van der Waals surface area contributed by atoms with Gasteiger partial charge in [-0.15, -0.1) is 11.3 Å². The number of aliphatic hydroxyl groups is 1. The summed E-state index contributed by atoms with van der Waals surface area (Å²) in [5, 5.41) is 13.5. The van der Waals surface area contributed by atoms with Gasteiger partial charge in [-0.1, -0.05) is 36.7 Å². The summed E-state index contributed by atoms with van der Waals surface area (Å²) < 4.78 is 0. The van der Waals surface area contributed by atoms with Crippen molar-refractivity contribution in [3.05, 3.63) is 34.7 Å². The van der Waals surface area contributed by atoms with Crippen LogP contribution in [0.25, 0.3) is 11.3 Å². The van der Waals surface area contributed by atoms with E-state index in [2.05, 4.69) is 17.2 Å². The quantitative estimate of drug-likeness (QED) is 0.896. The van der Waals surface area contributed by atoms with Crippen LogP contribution in [0.2, 0.25) is 5.02 Å². The van der Waals surface area contributed by atoms with Crippen LogP contribution in [-0.2, 0) is 0 Å². The lowest BCUT2D eigenvalue weighted by Gasteiger charge is -2.40. The van der Waals surface area contributed by atoms with Gasteiger partial charge >= 0.3 is 0 Å². The Balaban J connectivity index is 1.74. The zero-order valence-electron chi connectivity index (χ0n) is 12.8. The van der Waals surface area contributed by atoms with Gasteiger partial charge in [0.1, 0.15) is 0 Å². The van der Waals surface area contributed by atoms with Crippen molar-refractivity contribution in [2.24, 2.45) is 5.41 Å². The van der Waals surface area contributed by atoms with E-state index < -0.39 is 0 Å². The van der Waals surface area contributed by atoms with Gasteiger partial charge in [0.05, 0.1) is 5.69 Å². The summed E-state index contributed by atoms with van der Waals surface area (Å²) in [5.41, 5.74) is 2.04. The summed E-state index contributed by atoms with van der Waals surface area (Å²) in [6.07, 6.45) is 3.10. The number of hydrogen-bond donors (Lipinski definition) is 1. The van der Waals surface area contributed by atoms with E-state index in [1.807, 2.05) is 24.3 Å². The van der Waals surface area contributed by atoms with Crippen molar-refractivity contribution in [3.8, 4) is 11.3 Å². The monoisotopic (exact) mass is 336 g/mol. The molecule has 0 saturated carbocycles. The fraction of sp³-hybridized carbons (Fsp3) is 0.471. The number of anilines is 1. The Hall–Kier alpha value is -1.10. The van der Waals surface area contributed by atoms with Gasteiger partial charge in [0.25, 0.3) is 0 Å². The molecule has 118 valence electrons. The number of piperidine rings is 1. The average Bonchev–Trinajstić information content (AvgIpc) is 3.05. The number of hydrogen-bond acceptors (Lipinski definition) is 4. The molecular formula is C17H21ClN2OS. The van der Waals surface area contributed by atoms with Gasteiger partial charge in [0.2, 0.25) is 0 Å². The fourth-order valence-corrected chi connectivity index (χ4v) is 4.11. The predicted molar refractivity (Wildman–Crippen MR) is 93.8 cm³/mol. The minimum absolute atomic E-state index is 0.110. The van der Waals surface area contributed by atoms with Crippen LogP contribution in [0.5, 0.6) is 0 Å². The number of rotatable bonds is 4. The molecular weight excluding hydrogens is 316 g/mol. The summed E-state index contributed by atoms with van der Waals surface area (Å²) in [4.78, 5) is 7.09. The molecule has 2 aromatic rings. The Morgan fingerprint density at radius 1 is 1.32 bits per heavy atom. The van der Waals surface area contributed by atoms with Crippen molar-refractivity contribution in [1.29, 1.82) is 0 Å². The molecule has 1 N–H and O–H groups in total. The molecule has 5 heteroatoms. The van der Waals surface area contributed by atoms with Crippen LogP contribution in [0, 0.1) is 5.41 Å². The molecule has 0 amide bonds. The molecule has 1 aliphatic rings. The second-order valence-electron chi connectivity index (χ2n) is 5.99. The summed E-state index contributed by atoms with van der Waals surface area (Å²) in [6.45, 7) is 4.39. The Morgan fingerprint density at radius 3 is 2.68 bits per heavy atom. The molecule has 1 aromatic carbocycles. The lowest BCUT2D eigenvalue weighted by molar-refractivity contribution is 0.0922. The van der Waals surface area contributed by atoms with Gasteiger partial charge in [-0.05, 0) is 30.7 Å². The van der Waals surface area contributed by atoms with Crippen molar-refractivity contribution < 1.29 is 5.11 Å². The van der Waals surface area contributed by atoms with E-state index in [0.717, 1.165) is 53.8 Å². The minimum Gasteiger partial charge on any atom is -0.396 e. The molecule has 0 unspecified atom stereocenters. The average molecular weight is 337 g/mol. The molecule has 1 fully saturated rings. The normalized spacial score (nSPS) is 17.7. The van der Waals surface area contributed by atoms with Crippen molar-refractivity contribution >= 4 is 28.1 Å². The third-order valence-corrected chi connectivity index (χ3v) is 6.05. The zero-order valence-corrected chi connectivity index (χ0v) is 14.3. The van der Waals surface area contributed by atoms with Crippen LogP contribution in [0.15, 0.2) is 29.6 Å². The first-order valence-electron chi connectivity index (χ1n) is 7.74. The summed E-state index contributed by atoms with van der Waals surface area (Å²) in [7, 11) is 0. The molecule has 0 atom stereocenters. The van der Waals surface area contributed by atoms with Crippen LogP contribution >= 0.6 is 22.9 Å². The number of thiazole rings is 1. The van der Waals surface area contributed by atoms with Gasteiger partial charge < -0.3 is 10.0 Å². The first-order chi connectivity index (χ1) is 10.7. The fourth-order valence-electron chi connectivity index (χ4n) is 3.00. The maximum atomic E-state index is 9.64. The highest BCUT2D eigenvalue weighted by molar-refractivity contribution is 7.14. The van der Waals surface area contributed by atoms with Gasteiger partial charge in [-0.3, -0.25) is 0 Å². The Kier molecular flexibility index (Phi) is 4.71. The lowest BCUT2D eigenvalue weighted by Crippen LogP contribution is -2.41. The zero-order chi connectivity index (χ0) is 15.6. The van der Waals surface area contributed by atoms with E-state index in [4.69, 9.17) is 16.6 Å². The largest absolute Gasteiger partial charge is 0.396 e. The smallest absolute Gasteiger partial charge is 0.185 e. The summed E-state index contributed by atoms with van der Waals surface area (Å²) >= 11 is 7.92. The molecule has 2 heterocycles. The van der Waals surface area contributed by atoms with Gasteiger partial charge in [0, 0.05) is 35.7 Å². The van der Waals surface area contributed by atoms with Crippen LogP contribution in [0.1, 0.15) is 26.2 Å².